The van der Waals surface area contributed by atoms with Gasteiger partial charge in [0.05, 0.1) is 0 Å². The van der Waals surface area contributed by atoms with Gasteiger partial charge in [0.25, 0.3) is 0 Å². The summed E-state index contributed by atoms with van der Waals surface area (Å²) in [5.74, 6) is 2.37. The first-order valence-electron chi connectivity index (χ1n) is 6.17. The lowest BCUT2D eigenvalue weighted by molar-refractivity contribution is 0.402. The molecule has 1 aromatic carbocycles. The molecule has 2 N–H and O–H groups in total. The van der Waals surface area contributed by atoms with Crippen molar-refractivity contribution in [2.24, 2.45) is 23.5 Å². The first kappa shape index (κ1) is 10.3. The molecule has 0 heterocycles. The molecule has 0 spiro atoms. The van der Waals surface area contributed by atoms with E-state index in [1.54, 1.807) is 6.07 Å². The van der Waals surface area contributed by atoms with Crippen LogP contribution in [0.5, 0.6) is 0 Å². The lowest BCUT2D eigenvalue weighted by Crippen LogP contribution is -2.21. The zero-order valence-corrected chi connectivity index (χ0v) is 9.62. The van der Waals surface area contributed by atoms with Crippen molar-refractivity contribution >= 4 is 0 Å². The van der Waals surface area contributed by atoms with Crippen molar-refractivity contribution in [3.8, 4) is 0 Å². The molecule has 3 rings (SSSR count). The lowest BCUT2D eigenvalue weighted by atomic mass is 9.88. The molecule has 3 atom stereocenters. The zero-order chi connectivity index (χ0) is 11.3. The first-order valence-corrected chi connectivity index (χ1v) is 6.17. The topological polar surface area (TPSA) is 26.0 Å². The molecule has 2 aliphatic rings. The van der Waals surface area contributed by atoms with Gasteiger partial charge in [-0.1, -0.05) is 6.07 Å². The summed E-state index contributed by atoms with van der Waals surface area (Å²) in [7, 11) is 0. The molecule has 0 aromatic heterocycles. The third-order valence-electron chi connectivity index (χ3n) is 4.38. The van der Waals surface area contributed by atoms with Gasteiger partial charge in [-0.25, -0.2) is 4.39 Å². The van der Waals surface area contributed by atoms with Crippen LogP contribution in [0.1, 0.15) is 36.4 Å². The SMILES string of the molecule is Cc1cc(F)ccc1C(N)C1CC2CC2C1. The van der Waals surface area contributed by atoms with Gasteiger partial charge in [-0.05, 0) is 67.2 Å². The quantitative estimate of drug-likeness (QED) is 0.812. The van der Waals surface area contributed by atoms with Crippen LogP contribution in [0.2, 0.25) is 0 Å². The van der Waals surface area contributed by atoms with E-state index in [0.717, 1.165) is 23.0 Å². The number of rotatable bonds is 2. The highest BCUT2D eigenvalue weighted by Gasteiger charge is 2.47. The number of hydrogen-bond acceptors (Lipinski definition) is 1. The van der Waals surface area contributed by atoms with E-state index >= 15 is 0 Å². The normalized spacial score (nSPS) is 33.6. The minimum atomic E-state index is -0.164. The highest BCUT2D eigenvalue weighted by Crippen LogP contribution is 2.56. The highest BCUT2D eigenvalue weighted by atomic mass is 19.1. The van der Waals surface area contributed by atoms with Crippen molar-refractivity contribution in [2.45, 2.75) is 32.2 Å². The summed E-state index contributed by atoms with van der Waals surface area (Å²) < 4.78 is 13.0. The summed E-state index contributed by atoms with van der Waals surface area (Å²) >= 11 is 0. The number of halogens is 1. The van der Waals surface area contributed by atoms with Gasteiger partial charge in [-0.2, -0.15) is 0 Å². The van der Waals surface area contributed by atoms with Crippen molar-refractivity contribution in [1.29, 1.82) is 0 Å². The average molecular weight is 219 g/mol. The van der Waals surface area contributed by atoms with E-state index in [1.807, 2.05) is 13.0 Å². The summed E-state index contributed by atoms with van der Waals surface area (Å²) in [4.78, 5) is 0. The van der Waals surface area contributed by atoms with Crippen LogP contribution in [0, 0.1) is 30.5 Å². The van der Waals surface area contributed by atoms with Gasteiger partial charge in [-0.15, -0.1) is 0 Å². The van der Waals surface area contributed by atoms with Crippen LogP contribution >= 0.6 is 0 Å². The van der Waals surface area contributed by atoms with E-state index in [0.29, 0.717) is 5.92 Å². The molecule has 2 aliphatic carbocycles. The molecule has 0 aliphatic heterocycles. The van der Waals surface area contributed by atoms with Crippen LogP contribution in [0.15, 0.2) is 18.2 Å². The van der Waals surface area contributed by atoms with Gasteiger partial charge >= 0.3 is 0 Å². The van der Waals surface area contributed by atoms with E-state index in [9.17, 15) is 4.39 Å². The van der Waals surface area contributed by atoms with Crippen LogP contribution in [0.4, 0.5) is 4.39 Å². The van der Waals surface area contributed by atoms with Crippen LogP contribution < -0.4 is 5.73 Å². The Hall–Kier alpha value is -0.890. The highest BCUT2D eigenvalue weighted by molar-refractivity contribution is 5.30. The summed E-state index contributed by atoms with van der Waals surface area (Å²) in [6.07, 6.45) is 3.98. The Labute approximate surface area is 95.8 Å². The molecule has 2 fully saturated rings. The van der Waals surface area contributed by atoms with Crippen LogP contribution in [-0.2, 0) is 0 Å². The minimum Gasteiger partial charge on any atom is -0.324 e. The van der Waals surface area contributed by atoms with Gasteiger partial charge in [0.15, 0.2) is 0 Å². The molecule has 0 saturated heterocycles. The van der Waals surface area contributed by atoms with Gasteiger partial charge in [-0.3, -0.25) is 0 Å². The Morgan fingerprint density at radius 1 is 1.25 bits per heavy atom. The van der Waals surface area contributed by atoms with E-state index < -0.39 is 0 Å². The van der Waals surface area contributed by atoms with E-state index in [4.69, 9.17) is 5.73 Å². The van der Waals surface area contributed by atoms with Crippen LogP contribution in [0.25, 0.3) is 0 Å². The summed E-state index contributed by atoms with van der Waals surface area (Å²) in [5, 5.41) is 0. The lowest BCUT2D eigenvalue weighted by Gasteiger charge is -2.22. The third kappa shape index (κ3) is 1.65. The van der Waals surface area contributed by atoms with E-state index in [2.05, 4.69) is 0 Å². The fourth-order valence-corrected chi connectivity index (χ4v) is 3.32. The van der Waals surface area contributed by atoms with Crippen LogP contribution in [-0.4, -0.2) is 0 Å². The number of fused-ring (bicyclic) bond motifs is 1. The Morgan fingerprint density at radius 2 is 1.94 bits per heavy atom. The second kappa shape index (κ2) is 3.56. The standard InChI is InChI=1S/C14H18FN/c1-8-4-12(15)2-3-13(8)14(16)11-6-9-5-10(9)7-11/h2-4,9-11,14H,5-7,16H2,1H3. The second-order valence-corrected chi connectivity index (χ2v) is 5.51. The number of benzene rings is 1. The number of aryl methyl sites for hydroxylation is 1. The Balaban J connectivity index is 1.80. The molecular weight excluding hydrogens is 201 g/mol. The summed E-state index contributed by atoms with van der Waals surface area (Å²) in [6, 6.07) is 5.08. The van der Waals surface area contributed by atoms with Crippen molar-refractivity contribution < 1.29 is 4.39 Å². The minimum absolute atomic E-state index is 0.105. The van der Waals surface area contributed by atoms with Crippen LogP contribution in [0.3, 0.4) is 0 Å². The zero-order valence-electron chi connectivity index (χ0n) is 9.62. The maximum atomic E-state index is 13.0. The fraction of sp³-hybridized carbons (Fsp3) is 0.571. The van der Waals surface area contributed by atoms with Gasteiger partial charge in [0.1, 0.15) is 5.82 Å². The summed E-state index contributed by atoms with van der Waals surface area (Å²) in [6.45, 7) is 1.95. The van der Waals surface area contributed by atoms with Gasteiger partial charge in [0.2, 0.25) is 0 Å². The fourth-order valence-electron chi connectivity index (χ4n) is 3.32. The second-order valence-electron chi connectivity index (χ2n) is 5.51. The Morgan fingerprint density at radius 3 is 2.56 bits per heavy atom. The molecule has 0 bridgehead atoms. The number of nitrogens with two attached hydrogens (primary N) is 1. The Kier molecular flexibility index (Phi) is 2.28. The molecular formula is C14H18FN. The van der Waals surface area contributed by atoms with Gasteiger partial charge in [0, 0.05) is 6.04 Å². The third-order valence-corrected chi connectivity index (χ3v) is 4.38. The average Bonchev–Trinajstić information content (AvgIpc) is 2.85. The summed E-state index contributed by atoms with van der Waals surface area (Å²) in [5.41, 5.74) is 8.44. The smallest absolute Gasteiger partial charge is 0.123 e. The molecule has 86 valence electrons. The maximum Gasteiger partial charge on any atom is 0.123 e. The molecule has 2 heteroatoms. The van der Waals surface area contributed by atoms with E-state index in [-0.39, 0.29) is 11.9 Å². The molecule has 0 radical (unpaired) electrons. The molecule has 1 aromatic rings. The van der Waals surface area contributed by atoms with Gasteiger partial charge < -0.3 is 5.73 Å². The van der Waals surface area contributed by atoms with E-state index in [1.165, 1.54) is 25.3 Å². The van der Waals surface area contributed by atoms with Crippen molar-refractivity contribution in [2.75, 3.05) is 0 Å². The molecule has 3 unspecified atom stereocenters. The number of hydrogen-bond donors (Lipinski definition) is 1. The van der Waals surface area contributed by atoms with Crippen molar-refractivity contribution in [1.82, 2.24) is 0 Å². The molecule has 16 heavy (non-hydrogen) atoms. The predicted molar refractivity (Wildman–Crippen MR) is 62.4 cm³/mol. The molecule has 1 nitrogen and oxygen atoms in total. The van der Waals surface area contributed by atoms with Crippen molar-refractivity contribution in [3.05, 3.63) is 35.1 Å². The Bertz CT molecular complexity index is 405. The largest absolute Gasteiger partial charge is 0.324 e. The maximum absolute atomic E-state index is 13.0. The molecule has 2 saturated carbocycles. The van der Waals surface area contributed by atoms with Crippen molar-refractivity contribution in [3.63, 3.8) is 0 Å². The molecule has 0 amide bonds. The monoisotopic (exact) mass is 219 g/mol. The first-order chi connectivity index (χ1) is 7.65. The predicted octanol–water partition coefficient (Wildman–Crippen LogP) is 3.18.